The lowest BCUT2D eigenvalue weighted by Crippen LogP contribution is -2.42. The predicted octanol–water partition coefficient (Wildman–Crippen LogP) is 6.31. The van der Waals surface area contributed by atoms with Gasteiger partial charge in [0.15, 0.2) is 0 Å². The first-order valence-electron chi connectivity index (χ1n) is 14.1. The van der Waals surface area contributed by atoms with Crippen LogP contribution < -0.4 is 10.2 Å². The van der Waals surface area contributed by atoms with Gasteiger partial charge in [-0.25, -0.2) is 13.5 Å². The molecule has 0 saturated carbocycles. The normalized spacial score (nSPS) is 14.7. The molecule has 0 bridgehead atoms. The summed E-state index contributed by atoms with van der Waals surface area (Å²) in [5.74, 6) is -1.77. The van der Waals surface area contributed by atoms with E-state index in [1.165, 1.54) is 28.8 Å². The molecule has 0 saturated heterocycles. The second kappa shape index (κ2) is 12.4. The summed E-state index contributed by atoms with van der Waals surface area (Å²) in [7, 11) is 0. The zero-order valence-corrected chi connectivity index (χ0v) is 24.9. The monoisotopic (exact) mass is 609 g/mol. The number of aryl methyl sites for hydroxylation is 2. The highest BCUT2D eigenvalue weighted by molar-refractivity contribution is 8.00. The predicted molar refractivity (Wildman–Crippen MR) is 168 cm³/mol. The summed E-state index contributed by atoms with van der Waals surface area (Å²) >= 11 is 1.23. The van der Waals surface area contributed by atoms with Gasteiger partial charge >= 0.3 is 0 Å². The molecule has 1 unspecified atom stereocenters. The number of fused-ring (bicyclic) bond motifs is 1. The molecule has 3 aromatic carbocycles. The molecule has 2 aromatic heterocycles. The van der Waals surface area contributed by atoms with Gasteiger partial charge in [-0.05, 0) is 49.2 Å². The molecule has 2 amide bonds. The minimum absolute atomic E-state index is 0.0328. The molecular weight excluding hydrogens is 580 g/mol. The number of aromatic nitrogens is 3. The molecule has 1 atom stereocenters. The van der Waals surface area contributed by atoms with Gasteiger partial charge in [0.1, 0.15) is 24.0 Å². The van der Waals surface area contributed by atoms with Gasteiger partial charge in [0.2, 0.25) is 11.8 Å². The number of benzene rings is 3. The van der Waals surface area contributed by atoms with Crippen molar-refractivity contribution in [3.63, 3.8) is 0 Å². The molecule has 5 aromatic rings. The van der Waals surface area contributed by atoms with Crippen LogP contribution in [0.2, 0.25) is 0 Å². The third-order valence-electron chi connectivity index (χ3n) is 7.50. The van der Waals surface area contributed by atoms with E-state index in [1.54, 1.807) is 29.2 Å². The van der Waals surface area contributed by atoms with Crippen LogP contribution >= 0.6 is 11.8 Å². The van der Waals surface area contributed by atoms with Crippen molar-refractivity contribution in [1.29, 1.82) is 0 Å². The molecule has 44 heavy (non-hydrogen) atoms. The number of nitrogens with zero attached hydrogens (tertiary/aromatic N) is 4. The summed E-state index contributed by atoms with van der Waals surface area (Å²) in [6.07, 6.45) is 3.29. The molecule has 10 heteroatoms. The summed E-state index contributed by atoms with van der Waals surface area (Å²) in [6.45, 7) is 3.93. The lowest BCUT2D eigenvalue weighted by atomic mass is 9.99. The SMILES string of the molecule is Cc1ccc(-n2nc(-c3ccccc3)c3c2N(CC(=O)NCc2ccncc2)C(=O)CSC3c2ccc(F)cc2F)c(C)c1. The molecule has 1 aliphatic rings. The molecule has 7 nitrogen and oxygen atoms in total. The quantitative estimate of drug-likeness (QED) is 0.234. The van der Waals surface area contributed by atoms with Crippen LogP contribution in [-0.2, 0) is 16.1 Å². The first kappa shape index (κ1) is 29.3. The molecule has 1 aliphatic heterocycles. The first-order valence-corrected chi connectivity index (χ1v) is 15.1. The third-order valence-corrected chi connectivity index (χ3v) is 8.74. The summed E-state index contributed by atoms with van der Waals surface area (Å²) in [4.78, 5) is 32.7. The van der Waals surface area contributed by atoms with Crippen molar-refractivity contribution in [2.45, 2.75) is 25.6 Å². The van der Waals surface area contributed by atoms with Crippen molar-refractivity contribution in [1.82, 2.24) is 20.1 Å². The fourth-order valence-electron chi connectivity index (χ4n) is 5.40. The number of hydrogen-bond acceptors (Lipinski definition) is 5. The molecular formula is C34H29F2N5O2S. The first-order chi connectivity index (χ1) is 21.3. The van der Waals surface area contributed by atoms with Gasteiger partial charge < -0.3 is 5.32 Å². The van der Waals surface area contributed by atoms with Crippen molar-refractivity contribution in [3.05, 3.63) is 131 Å². The lowest BCUT2D eigenvalue weighted by Gasteiger charge is -2.24. The van der Waals surface area contributed by atoms with Crippen LogP contribution in [0.5, 0.6) is 0 Å². The van der Waals surface area contributed by atoms with E-state index in [-0.39, 0.29) is 36.2 Å². The Morgan fingerprint density at radius 3 is 2.50 bits per heavy atom. The van der Waals surface area contributed by atoms with Crippen LogP contribution in [0.15, 0.2) is 91.3 Å². The summed E-state index contributed by atoms with van der Waals surface area (Å²) in [5.41, 5.74) is 5.64. The standard InChI is InChI=1S/C34H29F2N5O2S/c1-21-8-11-28(22(2)16-21)41-34-31(32(39-41)24-6-4-3-5-7-24)33(26-10-9-25(35)17-27(26)36)44-20-30(43)40(34)19-29(42)38-18-23-12-14-37-15-13-23/h3-17,33H,18-20H2,1-2H3,(H,38,42). The number of anilines is 1. The maximum absolute atomic E-state index is 15.5. The lowest BCUT2D eigenvalue weighted by molar-refractivity contribution is -0.123. The number of carbonyl (C=O) groups excluding carboxylic acids is 2. The van der Waals surface area contributed by atoms with Gasteiger partial charge in [0, 0.05) is 41.7 Å². The Bertz CT molecular complexity index is 1850. The average Bonchev–Trinajstić information content (AvgIpc) is 3.34. The second-order valence-electron chi connectivity index (χ2n) is 10.6. The van der Waals surface area contributed by atoms with E-state index >= 15 is 4.39 Å². The number of pyridine rings is 1. The maximum atomic E-state index is 15.5. The second-order valence-corrected chi connectivity index (χ2v) is 11.7. The van der Waals surface area contributed by atoms with Crippen LogP contribution in [0.1, 0.15) is 33.1 Å². The fraction of sp³-hybridized carbons (Fsp3) is 0.176. The van der Waals surface area contributed by atoms with Crippen molar-refractivity contribution in [2.75, 3.05) is 17.2 Å². The molecule has 6 rings (SSSR count). The smallest absolute Gasteiger partial charge is 0.240 e. The number of hydrogen-bond donors (Lipinski definition) is 1. The molecule has 3 heterocycles. The number of nitrogens with one attached hydrogen (secondary N) is 1. The van der Waals surface area contributed by atoms with Crippen LogP contribution in [0.4, 0.5) is 14.6 Å². The van der Waals surface area contributed by atoms with Gasteiger partial charge in [0.05, 0.1) is 22.4 Å². The molecule has 0 aliphatic carbocycles. The third kappa shape index (κ3) is 5.85. The molecule has 222 valence electrons. The van der Waals surface area contributed by atoms with Gasteiger partial charge in [-0.1, -0.05) is 54.1 Å². The number of carbonyl (C=O) groups is 2. The topological polar surface area (TPSA) is 80.1 Å². The number of rotatable bonds is 7. The Labute approximate surface area is 257 Å². The zero-order valence-electron chi connectivity index (χ0n) is 24.1. The van der Waals surface area contributed by atoms with E-state index in [4.69, 9.17) is 5.10 Å². The molecule has 0 radical (unpaired) electrons. The Hall–Kier alpha value is -4.83. The van der Waals surface area contributed by atoms with Gasteiger partial charge in [-0.3, -0.25) is 19.5 Å². The summed E-state index contributed by atoms with van der Waals surface area (Å²) < 4.78 is 31.2. The van der Waals surface area contributed by atoms with Crippen molar-refractivity contribution >= 4 is 29.4 Å². The summed E-state index contributed by atoms with van der Waals surface area (Å²) in [5, 5.41) is 7.23. The fourth-order valence-corrected chi connectivity index (χ4v) is 6.62. The van der Waals surface area contributed by atoms with E-state index in [9.17, 15) is 14.0 Å². The van der Waals surface area contributed by atoms with Crippen LogP contribution in [-0.4, -0.2) is 38.9 Å². The highest BCUT2D eigenvalue weighted by Gasteiger charge is 2.38. The molecule has 0 spiro atoms. The van der Waals surface area contributed by atoms with Crippen LogP contribution in [0.25, 0.3) is 16.9 Å². The molecule has 0 fully saturated rings. The minimum Gasteiger partial charge on any atom is -0.350 e. The Balaban J connectivity index is 1.55. The average molecular weight is 610 g/mol. The summed E-state index contributed by atoms with van der Waals surface area (Å²) in [6, 6.07) is 22.4. The highest BCUT2D eigenvalue weighted by Crippen LogP contribution is 2.49. The Morgan fingerprint density at radius 2 is 1.77 bits per heavy atom. The number of amides is 2. The van der Waals surface area contributed by atoms with E-state index < -0.39 is 16.9 Å². The Kier molecular flexibility index (Phi) is 8.25. The van der Waals surface area contributed by atoms with Crippen molar-refractivity contribution < 1.29 is 18.4 Å². The number of halogens is 2. The van der Waals surface area contributed by atoms with Crippen molar-refractivity contribution in [3.8, 4) is 16.9 Å². The van der Waals surface area contributed by atoms with Gasteiger partial charge in [-0.15, -0.1) is 11.8 Å². The molecule has 1 N–H and O–H groups in total. The van der Waals surface area contributed by atoms with Crippen molar-refractivity contribution in [2.24, 2.45) is 0 Å². The van der Waals surface area contributed by atoms with E-state index in [2.05, 4.69) is 10.3 Å². The van der Waals surface area contributed by atoms with Crippen LogP contribution in [0, 0.1) is 25.5 Å². The Morgan fingerprint density at radius 1 is 1.00 bits per heavy atom. The van der Waals surface area contributed by atoms with Gasteiger partial charge in [0.25, 0.3) is 0 Å². The van der Waals surface area contributed by atoms with Crippen LogP contribution in [0.3, 0.4) is 0 Å². The minimum atomic E-state index is -0.720. The highest BCUT2D eigenvalue weighted by atomic mass is 32.2. The number of thioether (sulfide) groups is 1. The maximum Gasteiger partial charge on any atom is 0.240 e. The van der Waals surface area contributed by atoms with E-state index in [1.807, 2.05) is 62.4 Å². The van der Waals surface area contributed by atoms with Gasteiger partial charge in [-0.2, -0.15) is 5.10 Å². The largest absolute Gasteiger partial charge is 0.350 e. The van der Waals surface area contributed by atoms with E-state index in [0.717, 1.165) is 28.3 Å². The zero-order chi connectivity index (χ0) is 30.8. The van der Waals surface area contributed by atoms with E-state index in [0.29, 0.717) is 22.8 Å².